The van der Waals surface area contributed by atoms with Crippen LogP contribution in [-0.2, 0) is 0 Å². The number of alkyl halides is 1. The number of halogens is 3. The number of carbonyl (C=O) groups excluding carboxylic acids is 1. The van der Waals surface area contributed by atoms with Crippen molar-refractivity contribution < 1.29 is 4.79 Å². The quantitative estimate of drug-likeness (QED) is 0.566. The third kappa shape index (κ3) is 2.64. The molecule has 0 aliphatic rings. The average molecular weight is 371 g/mol. The SMILES string of the molecule is Cc1cc(Br)c(C(=O)CBr)cc1Br. The van der Waals surface area contributed by atoms with Crippen LogP contribution in [0.3, 0.4) is 0 Å². The first kappa shape index (κ1) is 11.4. The van der Waals surface area contributed by atoms with E-state index in [9.17, 15) is 4.79 Å². The average Bonchev–Trinajstić information content (AvgIpc) is 2.10. The molecule has 0 radical (unpaired) electrons. The minimum Gasteiger partial charge on any atom is -0.293 e. The Morgan fingerprint density at radius 2 is 1.92 bits per heavy atom. The Bertz CT molecular complexity index is 347. The van der Waals surface area contributed by atoms with Crippen molar-refractivity contribution >= 4 is 53.6 Å². The molecular formula is C9H7Br3O. The van der Waals surface area contributed by atoms with Crippen molar-refractivity contribution in [2.24, 2.45) is 0 Å². The molecule has 1 aromatic carbocycles. The van der Waals surface area contributed by atoms with Crippen LogP contribution in [0.5, 0.6) is 0 Å². The molecule has 0 atom stereocenters. The maximum Gasteiger partial charge on any atom is 0.174 e. The van der Waals surface area contributed by atoms with Gasteiger partial charge >= 0.3 is 0 Å². The van der Waals surface area contributed by atoms with E-state index < -0.39 is 0 Å². The topological polar surface area (TPSA) is 17.1 Å². The van der Waals surface area contributed by atoms with E-state index in [-0.39, 0.29) is 5.78 Å². The van der Waals surface area contributed by atoms with Gasteiger partial charge in [-0.05, 0) is 24.6 Å². The summed E-state index contributed by atoms with van der Waals surface area (Å²) in [5.41, 5.74) is 1.81. The Balaban J connectivity index is 3.23. The fourth-order valence-corrected chi connectivity index (χ4v) is 2.26. The van der Waals surface area contributed by atoms with E-state index >= 15 is 0 Å². The molecule has 0 unspecified atom stereocenters. The van der Waals surface area contributed by atoms with Gasteiger partial charge in [-0.15, -0.1) is 0 Å². The van der Waals surface area contributed by atoms with E-state index in [4.69, 9.17) is 0 Å². The molecule has 1 aromatic rings. The maximum atomic E-state index is 11.4. The number of ketones is 1. The van der Waals surface area contributed by atoms with Crippen LogP contribution in [0.2, 0.25) is 0 Å². The predicted molar refractivity (Wildman–Crippen MR) is 64.7 cm³/mol. The van der Waals surface area contributed by atoms with Gasteiger partial charge in [-0.1, -0.05) is 47.8 Å². The summed E-state index contributed by atoms with van der Waals surface area (Å²) in [6, 6.07) is 3.77. The second kappa shape index (κ2) is 4.71. The first-order valence-corrected chi connectivity index (χ1v) is 6.32. The van der Waals surface area contributed by atoms with E-state index in [0.717, 1.165) is 14.5 Å². The van der Waals surface area contributed by atoms with Gasteiger partial charge in [0.05, 0.1) is 5.33 Å². The predicted octanol–water partition coefficient (Wildman–Crippen LogP) is 4.10. The highest BCUT2D eigenvalue weighted by Crippen LogP contribution is 2.26. The molecule has 0 aliphatic heterocycles. The monoisotopic (exact) mass is 368 g/mol. The molecule has 0 saturated carbocycles. The van der Waals surface area contributed by atoms with Gasteiger partial charge in [0.1, 0.15) is 0 Å². The van der Waals surface area contributed by atoms with Crippen molar-refractivity contribution in [2.75, 3.05) is 5.33 Å². The Kier molecular flexibility index (Phi) is 4.13. The van der Waals surface area contributed by atoms with Crippen LogP contribution in [0.25, 0.3) is 0 Å². The molecule has 0 amide bonds. The maximum absolute atomic E-state index is 11.4. The molecular weight excluding hydrogens is 364 g/mol. The lowest BCUT2D eigenvalue weighted by Crippen LogP contribution is -2.01. The number of hydrogen-bond donors (Lipinski definition) is 0. The molecule has 0 aliphatic carbocycles. The molecule has 0 fully saturated rings. The molecule has 0 spiro atoms. The molecule has 0 N–H and O–H groups in total. The number of hydrogen-bond acceptors (Lipinski definition) is 1. The minimum absolute atomic E-state index is 0.0765. The van der Waals surface area contributed by atoms with Gasteiger partial charge in [0.15, 0.2) is 5.78 Å². The molecule has 1 nitrogen and oxygen atoms in total. The largest absolute Gasteiger partial charge is 0.293 e. The summed E-state index contributed by atoms with van der Waals surface area (Å²) in [6.45, 7) is 1.98. The molecule has 13 heavy (non-hydrogen) atoms. The van der Waals surface area contributed by atoms with Crippen molar-refractivity contribution in [3.05, 3.63) is 32.2 Å². The van der Waals surface area contributed by atoms with Gasteiger partial charge in [-0.2, -0.15) is 0 Å². The van der Waals surface area contributed by atoms with E-state index in [1.807, 2.05) is 19.1 Å². The van der Waals surface area contributed by atoms with Crippen LogP contribution in [0.15, 0.2) is 21.1 Å². The second-order valence-corrected chi connectivity index (χ2v) is 4.91. The van der Waals surface area contributed by atoms with E-state index in [0.29, 0.717) is 10.9 Å². The smallest absolute Gasteiger partial charge is 0.174 e. The van der Waals surface area contributed by atoms with Crippen LogP contribution < -0.4 is 0 Å². The van der Waals surface area contributed by atoms with Gasteiger partial charge in [-0.25, -0.2) is 0 Å². The number of rotatable bonds is 2. The van der Waals surface area contributed by atoms with Crippen molar-refractivity contribution in [2.45, 2.75) is 6.92 Å². The summed E-state index contributed by atoms with van der Waals surface area (Å²) < 4.78 is 1.80. The standard InChI is InChI=1S/C9H7Br3O/c1-5-2-8(12)6(3-7(5)11)9(13)4-10/h2-3H,4H2,1H3. The van der Waals surface area contributed by atoms with Crippen molar-refractivity contribution in [3.63, 3.8) is 0 Å². The highest BCUT2D eigenvalue weighted by atomic mass is 79.9. The number of Topliss-reactive ketones (excluding diaryl/α,β-unsaturated/α-hetero) is 1. The van der Waals surface area contributed by atoms with E-state index in [2.05, 4.69) is 47.8 Å². The second-order valence-electron chi connectivity index (χ2n) is 2.64. The van der Waals surface area contributed by atoms with E-state index in [1.54, 1.807) is 0 Å². The molecule has 0 bridgehead atoms. The third-order valence-electron chi connectivity index (χ3n) is 1.67. The first-order valence-electron chi connectivity index (χ1n) is 3.61. The van der Waals surface area contributed by atoms with Crippen LogP contribution in [0.1, 0.15) is 15.9 Å². The molecule has 1 rings (SSSR count). The highest BCUT2D eigenvalue weighted by molar-refractivity contribution is 9.11. The zero-order chi connectivity index (χ0) is 10.0. The lowest BCUT2D eigenvalue weighted by Gasteiger charge is -2.04. The summed E-state index contributed by atoms with van der Waals surface area (Å²) in [4.78, 5) is 11.4. The number of aryl methyl sites for hydroxylation is 1. The number of benzene rings is 1. The summed E-state index contributed by atoms with van der Waals surface area (Å²) in [7, 11) is 0. The molecule has 0 heterocycles. The zero-order valence-electron chi connectivity index (χ0n) is 6.90. The summed E-state index contributed by atoms with van der Waals surface area (Å²) >= 11 is 9.89. The van der Waals surface area contributed by atoms with Gasteiger partial charge in [-0.3, -0.25) is 4.79 Å². The summed E-state index contributed by atoms with van der Waals surface area (Å²) in [6.07, 6.45) is 0. The molecule has 0 aromatic heterocycles. The zero-order valence-corrected chi connectivity index (χ0v) is 11.7. The van der Waals surface area contributed by atoms with Crippen LogP contribution in [0.4, 0.5) is 0 Å². The van der Waals surface area contributed by atoms with Crippen LogP contribution >= 0.6 is 47.8 Å². The van der Waals surface area contributed by atoms with E-state index in [1.165, 1.54) is 0 Å². The minimum atomic E-state index is 0.0765. The number of carbonyl (C=O) groups is 1. The lowest BCUT2D eigenvalue weighted by molar-refractivity contribution is 0.102. The van der Waals surface area contributed by atoms with Crippen LogP contribution in [-0.4, -0.2) is 11.1 Å². The van der Waals surface area contributed by atoms with Crippen molar-refractivity contribution in [3.8, 4) is 0 Å². The highest BCUT2D eigenvalue weighted by Gasteiger charge is 2.10. The lowest BCUT2D eigenvalue weighted by atomic mass is 10.1. The molecule has 0 saturated heterocycles. The van der Waals surface area contributed by atoms with Crippen LogP contribution in [0, 0.1) is 6.92 Å². The molecule has 4 heteroatoms. The Hall–Kier alpha value is 0.330. The molecule has 70 valence electrons. The van der Waals surface area contributed by atoms with Gasteiger partial charge in [0, 0.05) is 14.5 Å². The Labute approximate surface area is 102 Å². The fourth-order valence-electron chi connectivity index (χ4n) is 0.932. The van der Waals surface area contributed by atoms with Gasteiger partial charge in [0.2, 0.25) is 0 Å². The summed E-state index contributed by atoms with van der Waals surface area (Å²) in [5.74, 6) is 0.0765. The Morgan fingerprint density at radius 3 is 2.46 bits per heavy atom. The Morgan fingerprint density at radius 1 is 1.31 bits per heavy atom. The van der Waals surface area contributed by atoms with Gasteiger partial charge in [0.25, 0.3) is 0 Å². The first-order chi connectivity index (χ1) is 6.06. The van der Waals surface area contributed by atoms with Crippen molar-refractivity contribution in [1.29, 1.82) is 0 Å². The van der Waals surface area contributed by atoms with Gasteiger partial charge < -0.3 is 0 Å². The fraction of sp³-hybridized carbons (Fsp3) is 0.222. The van der Waals surface area contributed by atoms with Crippen molar-refractivity contribution in [1.82, 2.24) is 0 Å². The normalized spacial score (nSPS) is 10.2. The summed E-state index contributed by atoms with van der Waals surface area (Å²) in [5, 5.41) is 0.348. The third-order valence-corrected chi connectivity index (χ3v) is 3.69.